The molecule has 21 heavy (non-hydrogen) atoms. The fourth-order valence-electron chi connectivity index (χ4n) is 3.50. The van der Waals surface area contributed by atoms with Crippen LogP contribution in [0.4, 0.5) is 0 Å². The van der Waals surface area contributed by atoms with Crippen molar-refractivity contribution < 1.29 is 0 Å². The molecular formula is C18H31N3. The summed E-state index contributed by atoms with van der Waals surface area (Å²) in [4.78, 5) is 5.16. The topological polar surface area (TPSA) is 32.5 Å². The van der Waals surface area contributed by atoms with E-state index in [1.54, 1.807) is 0 Å². The van der Waals surface area contributed by atoms with Crippen molar-refractivity contribution >= 4 is 0 Å². The van der Waals surface area contributed by atoms with Gasteiger partial charge in [0.05, 0.1) is 0 Å². The summed E-state index contributed by atoms with van der Waals surface area (Å²) in [5.74, 6) is 0. The van der Waals surface area contributed by atoms with Crippen LogP contribution in [0.25, 0.3) is 0 Å². The molecule has 1 heterocycles. The first-order chi connectivity index (χ1) is 10.2. The van der Waals surface area contributed by atoms with Gasteiger partial charge in [-0.2, -0.15) is 0 Å². The highest BCUT2D eigenvalue weighted by Crippen LogP contribution is 2.18. The predicted molar refractivity (Wildman–Crippen MR) is 90.5 cm³/mol. The number of hydrogen-bond donors (Lipinski definition) is 1. The first-order valence-electron chi connectivity index (χ1n) is 8.42. The maximum absolute atomic E-state index is 6.12. The number of nitrogens with zero attached hydrogens (tertiary/aromatic N) is 2. The lowest BCUT2D eigenvalue weighted by molar-refractivity contribution is 0.125. The molecule has 0 amide bonds. The zero-order valence-electron chi connectivity index (χ0n) is 13.7. The molecule has 0 spiro atoms. The Morgan fingerprint density at radius 3 is 2.67 bits per heavy atom. The summed E-state index contributed by atoms with van der Waals surface area (Å²) < 4.78 is 0. The largest absolute Gasteiger partial charge is 0.329 e. The Kier molecular flexibility index (Phi) is 6.68. The van der Waals surface area contributed by atoms with Gasteiger partial charge in [-0.15, -0.1) is 0 Å². The van der Waals surface area contributed by atoms with Crippen LogP contribution in [0.15, 0.2) is 30.3 Å². The van der Waals surface area contributed by atoms with E-state index in [0.29, 0.717) is 12.1 Å². The first kappa shape index (κ1) is 16.5. The van der Waals surface area contributed by atoms with Crippen LogP contribution in [-0.4, -0.2) is 55.1 Å². The van der Waals surface area contributed by atoms with Gasteiger partial charge < -0.3 is 10.6 Å². The predicted octanol–water partition coefficient (Wildman–Crippen LogP) is 2.36. The highest BCUT2D eigenvalue weighted by molar-refractivity contribution is 5.14. The normalized spacial score (nSPS) is 22.9. The van der Waals surface area contributed by atoms with Crippen molar-refractivity contribution in [3.8, 4) is 0 Å². The van der Waals surface area contributed by atoms with Gasteiger partial charge in [0.25, 0.3) is 0 Å². The van der Waals surface area contributed by atoms with E-state index in [4.69, 9.17) is 5.73 Å². The zero-order valence-corrected chi connectivity index (χ0v) is 13.7. The molecule has 118 valence electrons. The average molecular weight is 289 g/mol. The van der Waals surface area contributed by atoms with E-state index in [2.05, 4.69) is 54.1 Å². The Labute approximate surface area is 130 Å². The Morgan fingerprint density at radius 2 is 2.00 bits per heavy atom. The van der Waals surface area contributed by atoms with Crippen molar-refractivity contribution in [1.82, 2.24) is 9.80 Å². The molecule has 2 N–H and O–H groups in total. The van der Waals surface area contributed by atoms with E-state index in [0.717, 1.165) is 13.0 Å². The number of hydrogen-bond acceptors (Lipinski definition) is 3. The molecule has 2 unspecified atom stereocenters. The summed E-state index contributed by atoms with van der Waals surface area (Å²) in [7, 11) is 2.24. The van der Waals surface area contributed by atoms with Crippen molar-refractivity contribution in [2.24, 2.45) is 5.73 Å². The van der Waals surface area contributed by atoms with Crippen LogP contribution in [-0.2, 0) is 6.42 Å². The molecule has 1 aliphatic heterocycles. The number of benzene rings is 1. The maximum Gasteiger partial charge on any atom is 0.0225 e. The minimum atomic E-state index is 0.515. The van der Waals surface area contributed by atoms with E-state index in [1.807, 2.05) is 0 Å². The minimum absolute atomic E-state index is 0.515. The monoisotopic (exact) mass is 289 g/mol. The van der Waals surface area contributed by atoms with Crippen LogP contribution in [0.3, 0.4) is 0 Å². The van der Waals surface area contributed by atoms with Gasteiger partial charge in [0, 0.05) is 31.7 Å². The molecule has 0 saturated carbocycles. The lowest BCUT2D eigenvalue weighted by atomic mass is 10.0. The Morgan fingerprint density at radius 1 is 1.24 bits per heavy atom. The van der Waals surface area contributed by atoms with Gasteiger partial charge in [-0.1, -0.05) is 37.3 Å². The van der Waals surface area contributed by atoms with Gasteiger partial charge >= 0.3 is 0 Å². The Balaban J connectivity index is 1.97. The summed E-state index contributed by atoms with van der Waals surface area (Å²) in [5.41, 5.74) is 7.54. The van der Waals surface area contributed by atoms with Crippen molar-refractivity contribution in [2.75, 3.05) is 33.2 Å². The van der Waals surface area contributed by atoms with Gasteiger partial charge in [-0.25, -0.2) is 0 Å². The molecular weight excluding hydrogens is 258 g/mol. The Hall–Kier alpha value is -0.900. The molecule has 3 nitrogen and oxygen atoms in total. The third-order valence-electron chi connectivity index (χ3n) is 4.77. The molecule has 2 atom stereocenters. The van der Waals surface area contributed by atoms with Crippen molar-refractivity contribution in [3.05, 3.63) is 35.9 Å². The van der Waals surface area contributed by atoms with Crippen LogP contribution < -0.4 is 5.73 Å². The first-order valence-corrected chi connectivity index (χ1v) is 8.42. The van der Waals surface area contributed by atoms with Crippen LogP contribution in [0, 0.1) is 0 Å². The summed E-state index contributed by atoms with van der Waals surface area (Å²) in [6.45, 7) is 6.66. The lowest BCUT2D eigenvalue weighted by Crippen LogP contribution is -2.49. The summed E-state index contributed by atoms with van der Waals surface area (Å²) in [5, 5.41) is 0. The molecule has 0 radical (unpaired) electrons. The fraction of sp³-hybridized carbons (Fsp3) is 0.667. The molecule has 3 heteroatoms. The van der Waals surface area contributed by atoms with Crippen LogP contribution in [0.1, 0.15) is 31.7 Å². The van der Waals surface area contributed by atoms with Gasteiger partial charge in [-0.05, 0) is 44.8 Å². The second-order valence-corrected chi connectivity index (χ2v) is 6.33. The highest BCUT2D eigenvalue weighted by Gasteiger charge is 2.27. The van der Waals surface area contributed by atoms with Gasteiger partial charge in [-0.3, -0.25) is 4.90 Å². The Bertz CT molecular complexity index is 393. The maximum atomic E-state index is 6.12. The summed E-state index contributed by atoms with van der Waals surface area (Å²) in [6.07, 6.45) is 4.77. The van der Waals surface area contributed by atoms with Crippen LogP contribution in [0.2, 0.25) is 0 Å². The third-order valence-corrected chi connectivity index (χ3v) is 4.77. The second-order valence-electron chi connectivity index (χ2n) is 6.33. The summed E-state index contributed by atoms with van der Waals surface area (Å²) >= 11 is 0. The van der Waals surface area contributed by atoms with Crippen LogP contribution >= 0.6 is 0 Å². The quantitative estimate of drug-likeness (QED) is 0.872. The summed E-state index contributed by atoms with van der Waals surface area (Å²) in [6, 6.07) is 12.0. The van der Waals surface area contributed by atoms with Crippen molar-refractivity contribution in [2.45, 2.75) is 44.7 Å². The van der Waals surface area contributed by atoms with Crippen LogP contribution in [0.5, 0.6) is 0 Å². The standard InChI is InChI=1S/C18H31N3/c1-3-17-15-20(2)12-7-13-21(17)18(14-19)11-10-16-8-5-4-6-9-16/h4-6,8-9,17-18H,3,7,10-15,19H2,1-2H3. The molecule has 0 aromatic heterocycles. The zero-order chi connectivity index (χ0) is 15.1. The molecule has 2 rings (SSSR count). The SMILES string of the molecule is CCC1CN(C)CCCN1C(CN)CCc1ccccc1. The van der Waals surface area contributed by atoms with Crippen molar-refractivity contribution in [3.63, 3.8) is 0 Å². The molecule has 1 aliphatic rings. The van der Waals surface area contributed by atoms with E-state index in [9.17, 15) is 0 Å². The molecule has 1 fully saturated rings. The van der Waals surface area contributed by atoms with Gasteiger partial charge in [0.1, 0.15) is 0 Å². The minimum Gasteiger partial charge on any atom is -0.329 e. The number of aryl methyl sites for hydroxylation is 1. The number of rotatable bonds is 6. The second kappa shape index (κ2) is 8.52. The molecule has 1 saturated heterocycles. The molecule has 1 aromatic carbocycles. The fourth-order valence-corrected chi connectivity index (χ4v) is 3.50. The van der Waals surface area contributed by atoms with Gasteiger partial charge in [0.2, 0.25) is 0 Å². The third kappa shape index (κ3) is 4.80. The lowest BCUT2D eigenvalue weighted by Gasteiger charge is -2.36. The highest BCUT2D eigenvalue weighted by atomic mass is 15.3. The molecule has 0 aliphatic carbocycles. The van der Waals surface area contributed by atoms with E-state index < -0.39 is 0 Å². The number of likely N-dealkylation sites (N-methyl/N-ethyl adjacent to an activating group) is 1. The molecule has 0 bridgehead atoms. The number of nitrogens with two attached hydrogens (primary N) is 1. The molecule has 1 aromatic rings. The van der Waals surface area contributed by atoms with E-state index in [1.165, 1.54) is 44.5 Å². The van der Waals surface area contributed by atoms with E-state index >= 15 is 0 Å². The smallest absolute Gasteiger partial charge is 0.0225 e. The van der Waals surface area contributed by atoms with Gasteiger partial charge in [0.15, 0.2) is 0 Å². The van der Waals surface area contributed by atoms with Crippen molar-refractivity contribution in [1.29, 1.82) is 0 Å². The van der Waals surface area contributed by atoms with E-state index in [-0.39, 0.29) is 0 Å². The average Bonchev–Trinajstić information content (AvgIpc) is 2.70.